The van der Waals surface area contributed by atoms with Crippen molar-refractivity contribution in [3.05, 3.63) is 71.8 Å². The topological polar surface area (TPSA) is 9.72 Å². The Kier molecular flexibility index (Phi) is 4.65. The van der Waals surface area contributed by atoms with Gasteiger partial charge in [0.1, 0.15) is 0 Å². The molecule has 2 aliphatic heterocycles. The van der Waals surface area contributed by atoms with E-state index in [2.05, 4.69) is 82.4 Å². The van der Waals surface area contributed by atoms with Crippen molar-refractivity contribution >= 4 is 0 Å². The van der Waals surface area contributed by atoms with Crippen molar-refractivity contribution in [2.75, 3.05) is 46.3 Å². The molecule has 2 aromatic carbocycles. The summed E-state index contributed by atoms with van der Waals surface area (Å²) in [6.45, 7) is 7.21. The third-order valence-electron chi connectivity index (χ3n) is 5.54. The number of piperazine rings is 1. The summed E-state index contributed by atoms with van der Waals surface area (Å²) in [4.78, 5) is 7.75. The summed E-state index contributed by atoms with van der Waals surface area (Å²) in [5.74, 6) is 0. The molecule has 0 amide bonds. The number of likely N-dealkylation sites (N-methyl/N-ethyl adjacent to an activating group) is 1. The Hall–Kier alpha value is -1.68. The van der Waals surface area contributed by atoms with Gasteiger partial charge in [0, 0.05) is 45.3 Å². The van der Waals surface area contributed by atoms with Crippen molar-refractivity contribution in [2.45, 2.75) is 12.1 Å². The second-order valence-corrected chi connectivity index (χ2v) is 7.17. The zero-order chi connectivity index (χ0) is 16.4. The molecule has 2 heterocycles. The monoisotopic (exact) mass is 321 g/mol. The van der Waals surface area contributed by atoms with Crippen LogP contribution in [-0.2, 0) is 0 Å². The molecule has 0 atom stereocenters. The molecular formula is C21H27N3. The van der Waals surface area contributed by atoms with Gasteiger partial charge in [-0.15, -0.1) is 0 Å². The highest BCUT2D eigenvalue weighted by Gasteiger charge is 2.37. The van der Waals surface area contributed by atoms with Gasteiger partial charge in [0.05, 0.1) is 6.04 Å². The van der Waals surface area contributed by atoms with Gasteiger partial charge in [0.2, 0.25) is 0 Å². The predicted molar refractivity (Wildman–Crippen MR) is 99.2 cm³/mol. The van der Waals surface area contributed by atoms with Gasteiger partial charge >= 0.3 is 0 Å². The van der Waals surface area contributed by atoms with Gasteiger partial charge in [-0.2, -0.15) is 0 Å². The molecule has 3 nitrogen and oxygen atoms in total. The average Bonchev–Trinajstić information content (AvgIpc) is 2.60. The maximum absolute atomic E-state index is 2.68. The molecule has 0 aromatic heterocycles. The zero-order valence-corrected chi connectivity index (χ0v) is 14.5. The van der Waals surface area contributed by atoms with Gasteiger partial charge in [-0.1, -0.05) is 60.7 Å². The molecule has 4 rings (SSSR count). The highest BCUT2D eigenvalue weighted by Crippen LogP contribution is 2.33. The summed E-state index contributed by atoms with van der Waals surface area (Å²) in [6.07, 6.45) is 0. The van der Waals surface area contributed by atoms with Crippen molar-refractivity contribution < 1.29 is 0 Å². The van der Waals surface area contributed by atoms with E-state index in [9.17, 15) is 0 Å². The number of benzene rings is 2. The Labute approximate surface area is 145 Å². The van der Waals surface area contributed by atoms with Crippen LogP contribution >= 0.6 is 0 Å². The zero-order valence-electron chi connectivity index (χ0n) is 14.5. The summed E-state index contributed by atoms with van der Waals surface area (Å²) >= 11 is 0. The van der Waals surface area contributed by atoms with Crippen LogP contribution in [0, 0.1) is 0 Å². The largest absolute Gasteiger partial charge is 0.304 e. The second-order valence-electron chi connectivity index (χ2n) is 7.17. The van der Waals surface area contributed by atoms with Crippen LogP contribution in [0.5, 0.6) is 0 Å². The standard InChI is InChI=1S/C21H27N3/c1-22-12-14-23(15-13-22)20-16-24(17-20)21(18-8-4-2-5-9-18)19-10-6-3-7-11-19/h2-11,20-21H,12-17H2,1H3. The molecule has 126 valence electrons. The lowest BCUT2D eigenvalue weighted by Crippen LogP contribution is -2.63. The molecule has 2 fully saturated rings. The molecule has 0 unspecified atom stereocenters. The van der Waals surface area contributed by atoms with Gasteiger partial charge in [0.15, 0.2) is 0 Å². The fourth-order valence-corrected chi connectivity index (χ4v) is 4.00. The van der Waals surface area contributed by atoms with Crippen molar-refractivity contribution in [3.8, 4) is 0 Å². The van der Waals surface area contributed by atoms with E-state index < -0.39 is 0 Å². The van der Waals surface area contributed by atoms with E-state index in [0.717, 1.165) is 6.04 Å². The van der Waals surface area contributed by atoms with E-state index in [4.69, 9.17) is 0 Å². The fourth-order valence-electron chi connectivity index (χ4n) is 4.00. The van der Waals surface area contributed by atoms with E-state index in [1.165, 1.54) is 50.4 Å². The van der Waals surface area contributed by atoms with Crippen LogP contribution < -0.4 is 0 Å². The first-order valence-corrected chi connectivity index (χ1v) is 9.08. The highest BCUT2D eigenvalue weighted by molar-refractivity contribution is 5.32. The average molecular weight is 321 g/mol. The quantitative estimate of drug-likeness (QED) is 0.857. The summed E-state index contributed by atoms with van der Waals surface area (Å²) in [5.41, 5.74) is 2.81. The van der Waals surface area contributed by atoms with E-state index in [-0.39, 0.29) is 0 Å². The van der Waals surface area contributed by atoms with Crippen LogP contribution in [0.2, 0.25) is 0 Å². The lowest BCUT2D eigenvalue weighted by molar-refractivity contribution is -0.00570. The molecule has 2 aliphatic rings. The van der Waals surface area contributed by atoms with Crippen molar-refractivity contribution in [3.63, 3.8) is 0 Å². The summed E-state index contributed by atoms with van der Waals surface area (Å²) < 4.78 is 0. The third-order valence-corrected chi connectivity index (χ3v) is 5.54. The van der Waals surface area contributed by atoms with Gasteiger partial charge in [-0.05, 0) is 18.2 Å². The van der Waals surface area contributed by atoms with E-state index in [0.29, 0.717) is 6.04 Å². The fraction of sp³-hybridized carbons (Fsp3) is 0.429. The number of likely N-dealkylation sites (tertiary alicyclic amines) is 1. The van der Waals surface area contributed by atoms with Crippen molar-refractivity contribution in [1.82, 2.24) is 14.7 Å². The van der Waals surface area contributed by atoms with Gasteiger partial charge in [0.25, 0.3) is 0 Å². The summed E-state index contributed by atoms with van der Waals surface area (Å²) in [7, 11) is 2.23. The van der Waals surface area contributed by atoms with Crippen LogP contribution in [-0.4, -0.2) is 67.1 Å². The predicted octanol–water partition coefficient (Wildman–Crippen LogP) is 2.71. The Morgan fingerprint density at radius 2 is 1.25 bits per heavy atom. The Morgan fingerprint density at radius 1 is 0.750 bits per heavy atom. The Balaban J connectivity index is 1.48. The van der Waals surface area contributed by atoms with Gasteiger partial charge in [-0.25, -0.2) is 0 Å². The lowest BCUT2D eigenvalue weighted by Gasteiger charge is -2.50. The van der Waals surface area contributed by atoms with Crippen LogP contribution in [0.25, 0.3) is 0 Å². The minimum atomic E-state index is 0.385. The Morgan fingerprint density at radius 3 is 1.75 bits per heavy atom. The molecule has 0 aliphatic carbocycles. The molecule has 0 spiro atoms. The minimum Gasteiger partial charge on any atom is -0.304 e. The second kappa shape index (κ2) is 7.06. The maximum Gasteiger partial charge on any atom is 0.0602 e. The van der Waals surface area contributed by atoms with E-state index in [1.807, 2.05) is 0 Å². The number of nitrogens with zero attached hydrogens (tertiary/aromatic N) is 3. The van der Waals surface area contributed by atoms with Crippen LogP contribution in [0.15, 0.2) is 60.7 Å². The number of rotatable bonds is 4. The number of hydrogen-bond donors (Lipinski definition) is 0. The molecule has 0 radical (unpaired) electrons. The SMILES string of the molecule is CN1CCN(C2CN(C(c3ccccc3)c3ccccc3)C2)CC1. The first-order chi connectivity index (χ1) is 11.8. The first-order valence-electron chi connectivity index (χ1n) is 9.08. The molecule has 0 saturated carbocycles. The van der Waals surface area contributed by atoms with E-state index >= 15 is 0 Å². The van der Waals surface area contributed by atoms with Gasteiger partial charge < -0.3 is 4.90 Å². The van der Waals surface area contributed by atoms with Crippen molar-refractivity contribution in [1.29, 1.82) is 0 Å². The smallest absolute Gasteiger partial charge is 0.0602 e. The molecule has 0 bridgehead atoms. The van der Waals surface area contributed by atoms with Crippen LogP contribution in [0.1, 0.15) is 17.2 Å². The van der Waals surface area contributed by atoms with Crippen LogP contribution in [0.4, 0.5) is 0 Å². The lowest BCUT2D eigenvalue weighted by atomic mass is 9.92. The normalized spacial score (nSPS) is 21.1. The maximum atomic E-state index is 2.68. The molecule has 3 heteroatoms. The molecule has 0 N–H and O–H groups in total. The summed E-state index contributed by atoms with van der Waals surface area (Å²) in [5, 5.41) is 0. The first kappa shape index (κ1) is 15.8. The van der Waals surface area contributed by atoms with Crippen LogP contribution in [0.3, 0.4) is 0 Å². The number of hydrogen-bond acceptors (Lipinski definition) is 3. The molecular weight excluding hydrogens is 294 g/mol. The van der Waals surface area contributed by atoms with E-state index in [1.54, 1.807) is 0 Å². The minimum absolute atomic E-state index is 0.385. The van der Waals surface area contributed by atoms with Gasteiger partial charge in [-0.3, -0.25) is 9.80 Å². The third kappa shape index (κ3) is 3.25. The Bertz CT molecular complexity index is 589. The summed E-state index contributed by atoms with van der Waals surface area (Å²) in [6, 6.07) is 23.0. The molecule has 2 aromatic rings. The molecule has 24 heavy (non-hydrogen) atoms. The highest BCUT2D eigenvalue weighted by atomic mass is 15.4. The molecule has 2 saturated heterocycles. The van der Waals surface area contributed by atoms with Crippen molar-refractivity contribution in [2.24, 2.45) is 0 Å².